The zero-order valence-corrected chi connectivity index (χ0v) is 12.5. The first-order valence-electron chi connectivity index (χ1n) is 7.58. The van der Waals surface area contributed by atoms with Crippen LogP contribution in [0.2, 0.25) is 0 Å². The molecule has 0 saturated carbocycles. The largest absolute Gasteiger partial charge is 0.314 e. The second-order valence-electron chi connectivity index (χ2n) is 5.50. The van der Waals surface area contributed by atoms with Crippen LogP contribution in [0.3, 0.4) is 0 Å². The lowest BCUT2D eigenvalue weighted by Crippen LogP contribution is -1.91. The summed E-state index contributed by atoms with van der Waals surface area (Å²) in [6.07, 6.45) is 2.84. The van der Waals surface area contributed by atoms with Crippen molar-refractivity contribution >= 4 is 11.8 Å². The Morgan fingerprint density at radius 2 is 1.35 bits per heavy atom. The number of pyridine rings is 1. The first-order valence-corrected chi connectivity index (χ1v) is 7.58. The fourth-order valence-electron chi connectivity index (χ4n) is 2.97. The van der Waals surface area contributed by atoms with Crippen molar-refractivity contribution in [2.75, 3.05) is 0 Å². The molecule has 0 atom stereocenters. The van der Waals surface area contributed by atoms with E-state index in [1.165, 1.54) is 11.1 Å². The zero-order chi connectivity index (χ0) is 15.6. The number of carbonyl (C=O) groups excluding carboxylic acids is 1. The standard InChI is InChI=1S/C21H15NO/c23-15-21-20(14-19-8-4-5-13-22(19)21)18-11-9-17(10-12-18)16-6-2-1-3-7-16/h1-15H. The summed E-state index contributed by atoms with van der Waals surface area (Å²) in [4.78, 5) is 11.5. The summed E-state index contributed by atoms with van der Waals surface area (Å²) in [5, 5.41) is 0. The van der Waals surface area contributed by atoms with Gasteiger partial charge >= 0.3 is 0 Å². The molecule has 0 N–H and O–H groups in total. The van der Waals surface area contributed by atoms with Crippen LogP contribution in [0.4, 0.5) is 0 Å². The molecule has 2 nitrogen and oxygen atoms in total. The average Bonchev–Trinajstić information content (AvgIpc) is 3.01. The van der Waals surface area contributed by atoms with Gasteiger partial charge in [-0.2, -0.15) is 0 Å². The van der Waals surface area contributed by atoms with Gasteiger partial charge in [-0.3, -0.25) is 4.79 Å². The van der Waals surface area contributed by atoms with Gasteiger partial charge in [0.1, 0.15) is 0 Å². The Balaban J connectivity index is 1.81. The number of hydrogen-bond acceptors (Lipinski definition) is 1. The molecule has 0 spiro atoms. The zero-order valence-electron chi connectivity index (χ0n) is 12.5. The van der Waals surface area contributed by atoms with E-state index in [4.69, 9.17) is 0 Å². The molecule has 0 aliphatic carbocycles. The summed E-state index contributed by atoms with van der Waals surface area (Å²) in [7, 11) is 0. The molecule has 2 aromatic carbocycles. The number of nitrogens with zero attached hydrogens (tertiary/aromatic N) is 1. The highest BCUT2D eigenvalue weighted by Crippen LogP contribution is 2.29. The predicted octanol–water partition coefficient (Wildman–Crippen LogP) is 5.09. The third-order valence-corrected chi connectivity index (χ3v) is 4.13. The molecule has 0 bridgehead atoms. The molecule has 0 amide bonds. The fourth-order valence-corrected chi connectivity index (χ4v) is 2.97. The van der Waals surface area contributed by atoms with Gasteiger partial charge in [0, 0.05) is 17.3 Å². The normalized spacial score (nSPS) is 10.8. The minimum atomic E-state index is 0.688. The topological polar surface area (TPSA) is 21.5 Å². The monoisotopic (exact) mass is 297 g/mol. The van der Waals surface area contributed by atoms with Gasteiger partial charge in [-0.05, 0) is 34.9 Å². The number of rotatable bonds is 3. The number of fused-ring (bicyclic) bond motifs is 1. The average molecular weight is 297 g/mol. The molecule has 110 valence electrons. The molecule has 0 aliphatic rings. The molecule has 0 radical (unpaired) electrons. The van der Waals surface area contributed by atoms with Crippen LogP contribution in [0.1, 0.15) is 10.5 Å². The van der Waals surface area contributed by atoms with E-state index in [1.807, 2.05) is 47.0 Å². The summed E-state index contributed by atoms with van der Waals surface area (Å²) < 4.78 is 1.92. The van der Waals surface area contributed by atoms with E-state index >= 15 is 0 Å². The van der Waals surface area contributed by atoms with Gasteiger partial charge in [0.05, 0.1) is 5.69 Å². The van der Waals surface area contributed by atoms with Crippen molar-refractivity contribution in [1.82, 2.24) is 4.40 Å². The molecule has 2 aromatic heterocycles. The predicted molar refractivity (Wildman–Crippen MR) is 93.7 cm³/mol. The second-order valence-corrected chi connectivity index (χ2v) is 5.50. The van der Waals surface area contributed by atoms with Crippen molar-refractivity contribution in [2.45, 2.75) is 0 Å². The summed E-state index contributed by atoms with van der Waals surface area (Å²) >= 11 is 0. The molecule has 23 heavy (non-hydrogen) atoms. The summed E-state index contributed by atoms with van der Waals surface area (Å²) in [6.45, 7) is 0. The number of aromatic nitrogens is 1. The van der Waals surface area contributed by atoms with Crippen LogP contribution in [-0.2, 0) is 0 Å². The minimum absolute atomic E-state index is 0.688. The highest BCUT2D eigenvalue weighted by atomic mass is 16.1. The van der Waals surface area contributed by atoms with Crippen LogP contribution in [0, 0.1) is 0 Å². The number of hydrogen-bond donors (Lipinski definition) is 0. The Morgan fingerprint density at radius 3 is 2.09 bits per heavy atom. The number of benzene rings is 2. The first-order chi connectivity index (χ1) is 11.4. The third-order valence-electron chi connectivity index (χ3n) is 4.13. The van der Waals surface area contributed by atoms with E-state index in [9.17, 15) is 4.79 Å². The van der Waals surface area contributed by atoms with Crippen molar-refractivity contribution in [1.29, 1.82) is 0 Å². The fraction of sp³-hybridized carbons (Fsp3) is 0. The smallest absolute Gasteiger partial charge is 0.167 e. The molecular formula is C21H15NO. The Bertz CT molecular complexity index is 966. The van der Waals surface area contributed by atoms with Crippen LogP contribution >= 0.6 is 0 Å². The van der Waals surface area contributed by atoms with E-state index in [2.05, 4.69) is 42.5 Å². The summed E-state index contributed by atoms with van der Waals surface area (Å²) in [5.74, 6) is 0. The van der Waals surface area contributed by atoms with Gasteiger partial charge in [-0.25, -0.2) is 0 Å². The maximum atomic E-state index is 11.5. The molecule has 0 unspecified atom stereocenters. The molecular weight excluding hydrogens is 282 g/mol. The molecule has 4 rings (SSSR count). The quantitative estimate of drug-likeness (QED) is 0.483. The van der Waals surface area contributed by atoms with Gasteiger partial charge in [0.15, 0.2) is 6.29 Å². The second kappa shape index (κ2) is 5.58. The lowest BCUT2D eigenvalue weighted by atomic mass is 10.0. The lowest BCUT2D eigenvalue weighted by Gasteiger charge is -2.04. The van der Waals surface area contributed by atoms with Crippen LogP contribution in [0.15, 0.2) is 85.1 Å². The van der Waals surface area contributed by atoms with E-state index in [0.717, 1.165) is 22.9 Å². The van der Waals surface area contributed by atoms with Gasteiger partial charge in [-0.15, -0.1) is 0 Å². The van der Waals surface area contributed by atoms with Crippen molar-refractivity contribution < 1.29 is 4.79 Å². The van der Waals surface area contributed by atoms with Gasteiger partial charge in [0.25, 0.3) is 0 Å². The lowest BCUT2D eigenvalue weighted by molar-refractivity contribution is 0.111. The van der Waals surface area contributed by atoms with Gasteiger partial charge in [-0.1, -0.05) is 60.7 Å². The molecule has 2 heterocycles. The van der Waals surface area contributed by atoms with Crippen LogP contribution in [0.5, 0.6) is 0 Å². The Labute approximate surface area is 134 Å². The summed E-state index contributed by atoms with van der Waals surface area (Å²) in [6, 6.07) is 26.6. The SMILES string of the molecule is O=Cc1c(-c2ccc(-c3ccccc3)cc2)cc2ccccn12. The van der Waals surface area contributed by atoms with E-state index in [0.29, 0.717) is 5.69 Å². The van der Waals surface area contributed by atoms with Crippen LogP contribution < -0.4 is 0 Å². The highest BCUT2D eigenvalue weighted by molar-refractivity contribution is 5.90. The maximum absolute atomic E-state index is 11.5. The first kappa shape index (κ1) is 13.5. The molecule has 0 saturated heterocycles. The molecule has 2 heteroatoms. The highest BCUT2D eigenvalue weighted by Gasteiger charge is 2.11. The van der Waals surface area contributed by atoms with E-state index in [1.54, 1.807) is 0 Å². The van der Waals surface area contributed by atoms with Crippen LogP contribution in [0.25, 0.3) is 27.8 Å². The van der Waals surface area contributed by atoms with Crippen molar-refractivity contribution in [3.8, 4) is 22.3 Å². The molecule has 0 fully saturated rings. The van der Waals surface area contributed by atoms with E-state index in [-0.39, 0.29) is 0 Å². The van der Waals surface area contributed by atoms with Gasteiger partial charge in [0.2, 0.25) is 0 Å². The van der Waals surface area contributed by atoms with E-state index < -0.39 is 0 Å². The number of aldehydes is 1. The number of carbonyl (C=O) groups is 1. The van der Waals surface area contributed by atoms with Crippen molar-refractivity contribution in [3.05, 3.63) is 90.8 Å². The van der Waals surface area contributed by atoms with Crippen LogP contribution in [-0.4, -0.2) is 10.7 Å². The van der Waals surface area contributed by atoms with Crippen molar-refractivity contribution in [3.63, 3.8) is 0 Å². The third kappa shape index (κ3) is 2.34. The Kier molecular flexibility index (Phi) is 3.28. The Hall–Kier alpha value is -3.13. The maximum Gasteiger partial charge on any atom is 0.167 e. The Morgan fingerprint density at radius 1 is 0.696 bits per heavy atom. The molecule has 4 aromatic rings. The van der Waals surface area contributed by atoms with Crippen molar-refractivity contribution in [2.24, 2.45) is 0 Å². The molecule has 0 aliphatic heterocycles. The minimum Gasteiger partial charge on any atom is -0.314 e. The van der Waals surface area contributed by atoms with Gasteiger partial charge < -0.3 is 4.40 Å². The summed E-state index contributed by atoms with van der Waals surface area (Å²) in [5.41, 5.74) is 6.09.